The molecule has 0 saturated carbocycles. The molecule has 1 atom stereocenters. The summed E-state index contributed by atoms with van der Waals surface area (Å²) in [6, 6.07) is 0. The van der Waals surface area contributed by atoms with Crippen molar-refractivity contribution >= 4 is 18.5 Å². The van der Waals surface area contributed by atoms with Gasteiger partial charge in [0.05, 0.1) is 0 Å². The van der Waals surface area contributed by atoms with Crippen LogP contribution in [0.25, 0.3) is 0 Å². The fourth-order valence-corrected chi connectivity index (χ4v) is 1.30. The van der Waals surface area contributed by atoms with E-state index >= 15 is 0 Å². The second kappa shape index (κ2) is 3.11. The van der Waals surface area contributed by atoms with Crippen LogP contribution in [0.2, 0.25) is 0 Å². The standard InChI is InChI=1S/C6H11NOS/c8-6-4-5(9)2-1-3-7-6/h5,9H,1-4H2,(H,7,8). The van der Waals surface area contributed by atoms with Crippen LogP contribution in [0.1, 0.15) is 19.3 Å². The van der Waals surface area contributed by atoms with E-state index in [1.54, 1.807) is 0 Å². The predicted molar refractivity (Wildman–Crippen MR) is 39.6 cm³/mol. The summed E-state index contributed by atoms with van der Waals surface area (Å²) in [5, 5.41) is 3.07. The van der Waals surface area contributed by atoms with Crippen molar-refractivity contribution in [3.8, 4) is 0 Å². The first-order valence-corrected chi connectivity index (χ1v) is 3.75. The largest absolute Gasteiger partial charge is 0.356 e. The van der Waals surface area contributed by atoms with Gasteiger partial charge in [0.2, 0.25) is 5.91 Å². The van der Waals surface area contributed by atoms with Crippen molar-refractivity contribution < 1.29 is 4.79 Å². The monoisotopic (exact) mass is 145 g/mol. The van der Waals surface area contributed by atoms with Crippen LogP contribution in [0.3, 0.4) is 0 Å². The number of hydrogen-bond acceptors (Lipinski definition) is 2. The lowest BCUT2D eigenvalue weighted by Crippen LogP contribution is -2.22. The van der Waals surface area contributed by atoms with Crippen molar-refractivity contribution in [3.63, 3.8) is 0 Å². The number of nitrogens with one attached hydrogen (secondary N) is 1. The van der Waals surface area contributed by atoms with Gasteiger partial charge in [-0.1, -0.05) is 0 Å². The third-order valence-corrected chi connectivity index (χ3v) is 1.90. The average Bonchev–Trinajstić information content (AvgIpc) is 1.93. The maximum absolute atomic E-state index is 10.7. The first kappa shape index (κ1) is 6.93. The van der Waals surface area contributed by atoms with Crippen molar-refractivity contribution in [1.82, 2.24) is 5.32 Å². The van der Waals surface area contributed by atoms with Crippen LogP contribution in [-0.4, -0.2) is 17.7 Å². The van der Waals surface area contributed by atoms with Gasteiger partial charge in [-0.2, -0.15) is 12.6 Å². The number of hydrogen-bond donors (Lipinski definition) is 2. The van der Waals surface area contributed by atoms with Gasteiger partial charge in [-0.3, -0.25) is 4.79 Å². The van der Waals surface area contributed by atoms with Crippen LogP contribution in [0, 0.1) is 0 Å². The summed E-state index contributed by atoms with van der Waals surface area (Å²) in [7, 11) is 0. The first-order chi connectivity index (χ1) is 4.29. The SMILES string of the molecule is O=C1CC(S)CCCN1. The van der Waals surface area contributed by atoms with Gasteiger partial charge in [0.1, 0.15) is 0 Å². The molecule has 3 heteroatoms. The van der Waals surface area contributed by atoms with E-state index in [2.05, 4.69) is 17.9 Å². The van der Waals surface area contributed by atoms with E-state index in [1.165, 1.54) is 0 Å². The Bertz CT molecular complexity index is 116. The minimum atomic E-state index is 0.146. The molecule has 0 aromatic rings. The molecule has 9 heavy (non-hydrogen) atoms. The molecule has 0 aromatic carbocycles. The molecule has 1 rings (SSSR count). The normalized spacial score (nSPS) is 29.0. The molecule has 1 amide bonds. The summed E-state index contributed by atoms with van der Waals surface area (Å²) in [4.78, 5) is 10.7. The molecule has 1 heterocycles. The van der Waals surface area contributed by atoms with E-state index < -0.39 is 0 Å². The molecule has 1 saturated heterocycles. The van der Waals surface area contributed by atoms with Gasteiger partial charge in [0, 0.05) is 18.2 Å². The lowest BCUT2D eigenvalue weighted by Gasteiger charge is -2.00. The fraction of sp³-hybridized carbons (Fsp3) is 0.833. The zero-order valence-electron chi connectivity index (χ0n) is 5.26. The third kappa shape index (κ3) is 2.26. The van der Waals surface area contributed by atoms with Gasteiger partial charge in [-0.25, -0.2) is 0 Å². The molecule has 0 aliphatic carbocycles. The maximum atomic E-state index is 10.7. The molecule has 0 bridgehead atoms. The second-order valence-corrected chi connectivity index (χ2v) is 3.08. The number of carbonyl (C=O) groups excluding carboxylic acids is 1. The molecular weight excluding hydrogens is 134 g/mol. The number of carbonyl (C=O) groups is 1. The summed E-state index contributed by atoms with van der Waals surface area (Å²) < 4.78 is 0. The van der Waals surface area contributed by atoms with Gasteiger partial charge in [-0.15, -0.1) is 0 Å². The molecule has 1 fully saturated rings. The van der Waals surface area contributed by atoms with Gasteiger partial charge in [-0.05, 0) is 12.8 Å². The van der Waals surface area contributed by atoms with E-state index in [9.17, 15) is 4.79 Å². The van der Waals surface area contributed by atoms with Crippen LogP contribution >= 0.6 is 12.6 Å². The van der Waals surface area contributed by atoms with E-state index in [1.807, 2.05) is 0 Å². The Morgan fingerprint density at radius 3 is 3.22 bits per heavy atom. The molecule has 2 nitrogen and oxygen atoms in total. The fourth-order valence-electron chi connectivity index (χ4n) is 0.954. The van der Waals surface area contributed by atoms with E-state index in [0.717, 1.165) is 19.4 Å². The summed E-state index contributed by atoms with van der Waals surface area (Å²) in [6.45, 7) is 0.829. The lowest BCUT2D eigenvalue weighted by molar-refractivity contribution is -0.120. The third-order valence-electron chi connectivity index (χ3n) is 1.46. The molecule has 1 unspecified atom stereocenters. The minimum Gasteiger partial charge on any atom is -0.356 e. The predicted octanol–water partition coefficient (Wildman–Crippen LogP) is 0.585. The molecule has 0 aromatic heterocycles. The highest BCUT2D eigenvalue weighted by molar-refractivity contribution is 7.81. The lowest BCUT2D eigenvalue weighted by atomic mass is 10.2. The Labute approximate surface area is 60.4 Å². The van der Waals surface area contributed by atoms with E-state index in [-0.39, 0.29) is 11.2 Å². The Balaban J connectivity index is 2.37. The van der Waals surface area contributed by atoms with Crippen molar-refractivity contribution in [3.05, 3.63) is 0 Å². The maximum Gasteiger partial charge on any atom is 0.221 e. The molecule has 1 N–H and O–H groups in total. The van der Waals surface area contributed by atoms with Gasteiger partial charge in [0.25, 0.3) is 0 Å². The van der Waals surface area contributed by atoms with Crippen molar-refractivity contribution in [2.45, 2.75) is 24.5 Å². The van der Waals surface area contributed by atoms with Gasteiger partial charge in [0.15, 0.2) is 0 Å². The van der Waals surface area contributed by atoms with Crippen molar-refractivity contribution in [2.75, 3.05) is 6.54 Å². The summed E-state index contributed by atoms with van der Waals surface area (Å²) in [5.41, 5.74) is 0. The van der Waals surface area contributed by atoms with E-state index in [4.69, 9.17) is 0 Å². The van der Waals surface area contributed by atoms with Crippen LogP contribution in [0.4, 0.5) is 0 Å². The summed E-state index contributed by atoms with van der Waals surface area (Å²) >= 11 is 4.23. The molecule has 1 aliphatic heterocycles. The number of thiol groups is 1. The molecule has 1 aliphatic rings. The average molecular weight is 145 g/mol. The van der Waals surface area contributed by atoms with Crippen LogP contribution < -0.4 is 5.32 Å². The molecule has 0 radical (unpaired) electrons. The summed E-state index contributed by atoms with van der Waals surface area (Å²) in [6.07, 6.45) is 2.71. The smallest absolute Gasteiger partial charge is 0.221 e. The topological polar surface area (TPSA) is 29.1 Å². The Kier molecular flexibility index (Phi) is 2.39. The minimum absolute atomic E-state index is 0.146. The highest BCUT2D eigenvalue weighted by Crippen LogP contribution is 2.11. The Hall–Kier alpha value is -0.180. The van der Waals surface area contributed by atoms with Crippen molar-refractivity contribution in [2.24, 2.45) is 0 Å². The van der Waals surface area contributed by atoms with Crippen LogP contribution in [-0.2, 0) is 4.79 Å². The molecular formula is C6H11NOS. The highest BCUT2D eigenvalue weighted by Gasteiger charge is 2.12. The molecule has 0 spiro atoms. The quantitative estimate of drug-likeness (QED) is 0.480. The van der Waals surface area contributed by atoms with Crippen LogP contribution in [0.15, 0.2) is 0 Å². The van der Waals surface area contributed by atoms with Gasteiger partial charge < -0.3 is 5.32 Å². The summed E-state index contributed by atoms with van der Waals surface area (Å²) in [5.74, 6) is 0.146. The highest BCUT2D eigenvalue weighted by atomic mass is 32.1. The Morgan fingerprint density at radius 1 is 1.67 bits per heavy atom. The molecule has 52 valence electrons. The second-order valence-electron chi connectivity index (χ2n) is 2.35. The zero-order chi connectivity index (χ0) is 6.69. The van der Waals surface area contributed by atoms with Crippen LogP contribution in [0.5, 0.6) is 0 Å². The van der Waals surface area contributed by atoms with E-state index in [0.29, 0.717) is 6.42 Å². The number of amides is 1. The van der Waals surface area contributed by atoms with Crippen molar-refractivity contribution in [1.29, 1.82) is 0 Å². The van der Waals surface area contributed by atoms with Gasteiger partial charge >= 0.3 is 0 Å². The number of rotatable bonds is 0. The zero-order valence-corrected chi connectivity index (χ0v) is 6.16. The first-order valence-electron chi connectivity index (χ1n) is 3.24. The Morgan fingerprint density at radius 2 is 2.44 bits per heavy atom.